The number of rotatable bonds is 5. The van der Waals surface area contributed by atoms with Crippen LogP contribution in [0.15, 0.2) is 18.2 Å². The van der Waals surface area contributed by atoms with Gasteiger partial charge in [-0.25, -0.2) is 4.39 Å². The van der Waals surface area contributed by atoms with Gasteiger partial charge in [-0.1, -0.05) is 0 Å². The van der Waals surface area contributed by atoms with E-state index in [1.807, 2.05) is 0 Å². The van der Waals surface area contributed by atoms with E-state index >= 15 is 0 Å². The lowest BCUT2D eigenvalue weighted by Gasteiger charge is -2.33. The van der Waals surface area contributed by atoms with E-state index in [9.17, 15) is 18.8 Å². The maximum atomic E-state index is 13.8. The van der Waals surface area contributed by atoms with E-state index in [0.717, 1.165) is 32.2 Å². The molecule has 0 saturated carbocycles. The number of nitrogens with zero attached hydrogens (tertiary/aromatic N) is 1. The van der Waals surface area contributed by atoms with Crippen LogP contribution in [0, 0.1) is 11.7 Å². The lowest BCUT2D eigenvalue weighted by atomic mass is 9.97. The Morgan fingerprint density at radius 3 is 2.72 bits per heavy atom. The SMILES string of the molecule is CC(=O)Nc1cc(C(=O)N2CCCC(CNC(=O)C3CCCN3)C2)ccc1F.Cl. The molecule has 2 unspecified atom stereocenters. The van der Waals surface area contributed by atoms with Crippen molar-refractivity contribution < 1.29 is 18.8 Å². The predicted molar refractivity (Wildman–Crippen MR) is 111 cm³/mol. The number of nitrogens with one attached hydrogen (secondary N) is 3. The van der Waals surface area contributed by atoms with Crippen molar-refractivity contribution in [2.24, 2.45) is 5.92 Å². The van der Waals surface area contributed by atoms with Crippen LogP contribution in [0.2, 0.25) is 0 Å². The summed E-state index contributed by atoms with van der Waals surface area (Å²) in [4.78, 5) is 37.9. The van der Waals surface area contributed by atoms with Crippen molar-refractivity contribution in [1.82, 2.24) is 15.5 Å². The normalized spacial score (nSPS) is 21.2. The molecular formula is C20H28ClFN4O3. The second-order valence-corrected chi connectivity index (χ2v) is 7.53. The minimum Gasteiger partial charge on any atom is -0.354 e. The molecule has 3 rings (SSSR count). The zero-order chi connectivity index (χ0) is 20.1. The van der Waals surface area contributed by atoms with Gasteiger partial charge in [0.05, 0.1) is 11.7 Å². The van der Waals surface area contributed by atoms with Crippen molar-refractivity contribution in [3.05, 3.63) is 29.6 Å². The monoisotopic (exact) mass is 426 g/mol. The number of carbonyl (C=O) groups excluding carboxylic acids is 3. The smallest absolute Gasteiger partial charge is 0.253 e. The van der Waals surface area contributed by atoms with Crippen molar-refractivity contribution in [2.75, 3.05) is 31.5 Å². The molecule has 0 spiro atoms. The molecule has 160 valence electrons. The van der Waals surface area contributed by atoms with Gasteiger partial charge < -0.3 is 20.9 Å². The quantitative estimate of drug-likeness (QED) is 0.671. The number of hydrogen-bond donors (Lipinski definition) is 3. The van der Waals surface area contributed by atoms with Crippen molar-refractivity contribution in [2.45, 2.75) is 38.6 Å². The molecule has 2 heterocycles. The molecule has 1 aromatic carbocycles. The molecule has 3 amide bonds. The van der Waals surface area contributed by atoms with Gasteiger partial charge in [0.25, 0.3) is 5.91 Å². The molecule has 2 fully saturated rings. The molecule has 1 aromatic rings. The molecule has 7 nitrogen and oxygen atoms in total. The zero-order valence-electron chi connectivity index (χ0n) is 16.5. The third-order valence-electron chi connectivity index (χ3n) is 5.27. The van der Waals surface area contributed by atoms with Crippen molar-refractivity contribution in [3.63, 3.8) is 0 Å². The Morgan fingerprint density at radius 2 is 2.03 bits per heavy atom. The lowest BCUT2D eigenvalue weighted by Crippen LogP contribution is -2.46. The van der Waals surface area contributed by atoms with Crippen LogP contribution >= 0.6 is 12.4 Å². The number of amides is 3. The Hall–Kier alpha value is -2.19. The summed E-state index contributed by atoms with van der Waals surface area (Å²) in [5.74, 6) is -0.946. The molecular weight excluding hydrogens is 399 g/mol. The molecule has 0 aliphatic carbocycles. The Kier molecular flexibility index (Phi) is 8.40. The van der Waals surface area contributed by atoms with Gasteiger partial charge in [-0.05, 0) is 56.3 Å². The van der Waals surface area contributed by atoms with Crippen LogP contribution in [0.5, 0.6) is 0 Å². The molecule has 0 bridgehead atoms. The summed E-state index contributed by atoms with van der Waals surface area (Å²) < 4.78 is 13.8. The van der Waals surface area contributed by atoms with E-state index in [1.54, 1.807) is 4.90 Å². The van der Waals surface area contributed by atoms with Gasteiger partial charge in [0.2, 0.25) is 11.8 Å². The summed E-state index contributed by atoms with van der Waals surface area (Å²) in [6, 6.07) is 3.89. The van der Waals surface area contributed by atoms with Gasteiger partial charge >= 0.3 is 0 Å². The topological polar surface area (TPSA) is 90.5 Å². The molecule has 2 saturated heterocycles. The summed E-state index contributed by atoms with van der Waals surface area (Å²) in [5, 5.41) is 8.58. The van der Waals surface area contributed by atoms with Gasteiger partial charge in [-0.3, -0.25) is 14.4 Å². The number of likely N-dealkylation sites (tertiary alicyclic amines) is 1. The average Bonchev–Trinajstić information content (AvgIpc) is 3.22. The van der Waals surface area contributed by atoms with Crippen LogP contribution in [0.4, 0.5) is 10.1 Å². The highest BCUT2D eigenvalue weighted by Crippen LogP contribution is 2.21. The fourth-order valence-corrected chi connectivity index (χ4v) is 3.82. The van der Waals surface area contributed by atoms with Crippen LogP contribution in [-0.2, 0) is 9.59 Å². The molecule has 29 heavy (non-hydrogen) atoms. The van der Waals surface area contributed by atoms with E-state index in [4.69, 9.17) is 0 Å². The number of piperidine rings is 1. The highest BCUT2D eigenvalue weighted by atomic mass is 35.5. The number of hydrogen-bond acceptors (Lipinski definition) is 4. The lowest BCUT2D eigenvalue weighted by molar-refractivity contribution is -0.123. The third kappa shape index (κ3) is 6.14. The molecule has 3 N–H and O–H groups in total. The minimum absolute atomic E-state index is 0. The first kappa shape index (κ1) is 23.1. The Bertz CT molecular complexity index is 755. The number of halogens is 2. The predicted octanol–water partition coefficient (Wildman–Crippen LogP) is 1.93. The summed E-state index contributed by atoms with van der Waals surface area (Å²) in [7, 11) is 0. The second kappa shape index (κ2) is 10.5. The Balaban J connectivity index is 0.00000300. The molecule has 0 radical (unpaired) electrons. The largest absolute Gasteiger partial charge is 0.354 e. The van der Waals surface area contributed by atoms with Crippen LogP contribution < -0.4 is 16.0 Å². The maximum absolute atomic E-state index is 13.8. The second-order valence-electron chi connectivity index (χ2n) is 7.53. The first-order chi connectivity index (χ1) is 13.4. The van der Waals surface area contributed by atoms with Gasteiger partial charge in [0.1, 0.15) is 5.82 Å². The summed E-state index contributed by atoms with van der Waals surface area (Å²) in [6.07, 6.45) is 3.68. The Labute approximate surface area is 176 Å². The maximum Gasteiger partial charge on any atom is 0.253 e. The molecule has 2 aliphatic rings. The van der Waals surface area contributed by atoms with Gasteiger partial charge in [-0.15, -0.1) is 12.4 Å². The van der Waals surface area contributed by atoms with E-state index in [1.165, 1.54) is 25.1 Å². The van der Waals surface area contributed by atoms with Gasteiger partial charge in [0.15, 0.2) is 0 Å². The molecule has 2 atom stereocenters. The number of anilines is 1. The van der Waals surface area contributed by atoms with Crippen molar-refractivity contribution >= 4 is 35.8 Å². The summed E-state index contributed by atoms with van der Waals surface area (Å²) in [5.41, 5.74) is 0.341. The standard InChI is InChI=1S/C20H27FN4O3.ClH/c1-13(26)24-18-10-15(6-7-16(18)21)20(28)25-9-3-4-14(12-25)11-23-19(27)17-5-2-8-22-17;/h6-7,10,14,17,22H,2-5,8-9,11-12H2,1H3,(H,23,27)(H,24,26);1H. The van der Waals surface area contributed by atoms with Crippen LogP contribution in [0.3, 0.4) is 0 Å². The fraction of sp³-hybridized carbons (Fsp3) is 0.550. The van der Waals surface area contributed by atoms with Gasteiger partial charge in [0, 0.05) is 32.1 Å². The summed E-state index contributed by atoms with van der Waals surface area (Å²) >= 11 is 0. The highest BCUT2D eigenvalue weighted by Gasteiger charge is 2.27. The third-order valence-corrected chi connectivity index (χ3v) is 5.27. The zero-order valence-corrected chi connectivity index (χ0v) is 17.3. The van der Waals surface area contributed by atoms with E-state index in [-0.39, 0.29) is 41.9 Å². The van der Waals surface area contributed by atoms with Crippen LogP contribution in [-0.4, -0.2) is 54.8 Å². The van der Waals surface area contributed by atoms with E-state index in [2.05, 4.69) is 16.0 Å². The molecule has 9 heteroatoms. The van der Waals surface area contributed by atoms with Gasteiger partial charge in [-0.2, -0.15) is 0 Å². The first-order valence-corrected chi connectivity index (χ1v) is 9.81. The van der Waals surface area contributed by atoms with Crippen LogP contribution in [0.1, 0.15) is 43.0 Å². The highest BCUT2D eigenvalue weighted by molar-refractivity contribution is 5.97. The number of benzene rings is 1. The minimum atomic E-state index is -0.577. The van der Waals surface area contributed by atoms with E-state index < -0.39 is 11.7 Å². The first-order valence-electron chi connectivity index (χ1n) is 9.81. The fourth-order valence-electron chi connectivity index (χ4n) is 3.82. The van der Waals surface area contributed by atoms with Crippen molar-refractivity contribution in [1.29, 1.82) is 0 Å². The molecule has 2 aliphatic heterocycles. The summed E-state index contributed by atoms with van der Waals surface area (Å²) in [6.45, 7) is 3.88. The molecule has 0 aromatic heterocycles. The Morgan fingerprint density at radius 1 is 1.24 bits per heavy atom. The number of carbonyl (C=O) groups is 3. The van der Waals surface area contributed by atoms with Crippen molar-refractivity contribution in [3.8, 4) is 0 Å². The van der Waals surface area contributed by atoms with E-state index in [0.29, 0.717) is 25.2 Å². The average molecular weight is 427 g/mol. The van der Waals surface area contributed by atoms with Crippen LogP contribution in [0.25, 0.3) is 0 Å².